The average molecular weight is 401 g/mol. The summed E-state index contributed by atoms with van der Waals surface area (Å²) >= 11 is 0. The Morgan fingerprint density at radius 2 is 1.90 bits per heavy atom. The maximum atomic E-state index is 12.4. The van der Waals surface area contributed by atoms with Crippen LogP contribution in [0.15, 0.2) is 47.7 Å². The standard InChI is InChI=1S/C25H28N4O/c1-16(2)14-23(30)29-25-22(12-8-17-6-4-3-5-7-17)27-24-20-11-10-19(26)15-18(20)9-13-21(24)28-25/h3-8,12,15-16H,9-11,13-14,26H2,1-2H3,(H,28,29,30)/b12-8+. The van der Waals surface area contributed by atoms with E-state index >= 15 is 0 Å². The first-order valence-corrected chi connectivity index (χ1v) is 10.6. The number of rotatable bonds is 5. The van der Waals surface area contributed by atoms with Crippen LogP contribution in [-0.2, 0) is 11.2 Å². The van der Waals surface area contributed by atoms with Gasteiger partial charge in [0, 0.05) is 12.1 Å². The van der Waals surface area contributed by atoms with Gasteiger partial charge in [-0.1, -0.05) is 50.3 Å². The highest BCUT2D eigenvalue weighted by Gasteiger charge is 2.25. The Balaban J connectivity index is 1.74. The minimum atomic E-state index is -0.0299. The molecule has 0 fully saturated rings. The molecule has 5 heteroatoms. The lowest BCUT2D eigenvalue weighted by Crippen LogP contribution is -2.19. The highest BCUT2D eigenvalue weighted by atomic mass is 16.1. The number of carbonyl (C=O) groups is 1. The molecule has 30 heavy (non-hydrogen) atoms. The number of nitrogens with zero attached hydrogens (tertiary/aromatic N) is 2. The Kier molecular flexibility index (Phi) is 5.79. The molecule has 0 radical (unpaired) electrons. The van der Waals surface area contributed by atoms with Crippen molar-refractivity contribution in [2.75, 3.05) is 5.32 Å². The smallest absolute Gasteiger partial charge is 0.225 e. The van der Waals surface area contributed by atoms with Crippen LogP contribution in [-0.4, -0.2) is 15.9 Å². The number of aromatic nitrogens is 2. The Bertz CT molecular complexity index is 1050. The average Bonchev–Trinajstić information content (AvgIpc) is 2.72. The van der Waals surface area contributed by atoms with Crippen LogP contribution < -0.4 is 11.1 Å². The summed E-state index contributed by atoms with van der Waals surface area (Å²) in [5.74, 6) is 0.797. The third-order valence-electron chi connectivity index (χ3n) is 5.41. The third kappa shape index (κ3) is 4.51. The molecule has 2 aliphatic rings. The summed E-state index contributed by atoms with van der Waals surface area (Å²) in [5, 5.41) is 3.00. The van der Waals surface area contributed by atoms with Gasteiger partial charge >= 0.3 is 0 Å². The molecule has 4 rings (SSSR count). The number of allylic oxidation sites excluding steroid dienone is 4. The van der Waals surface area contributed by atoms with E-state index in [0.29, 0.717) is 17.9 Å². The second kappa shape index (κ2) is 8.66. The van der Waals surface area contributed by atoms with E-state index in [1.54, 1.807) is 0 Å². The molecule has 154 valence electrons. The van der Waals surface area contributed by atoms with Crippen molar-refractivity contribution in [3.8, 4) is 0 Å². The molecule has 0 saturated carbocycles. The summed E-state index contributed by atoms with van der Waals surface area (Å²) in [6.45, 7) is 4.06. The van der Waals surface area contributed by atoms with E-state index < -0.39 is 0 Å². The number of hydrogen-bond donors (Lipinski definition) is 2. The van der Waals surface area contributed by atoms with Gasteiger partial charge in [-0.05, 0) is 60.5 Å². The van der Waals surface area contributed by atoms with Crippen molar-refractivity contribution in [2.45, 2.75) is 46.0 Å². The lowest BCUT2D eigenvalue weighted by molar-refractivity contribution is -0.116. The van der Waals surface area contributed by atoms with Gasteiger partial charge in [0.1, 0.15) is 5.69 Å². The van der Waals surface area contributed by atoms with Gasteiger partial charge in [-0.25, -0.2) is 9.97 Å². The van der Waals surface area contributed by atoms with Crippen molar-refractivity contribution in [2.24, 2.45) is 11.7 Å². The number of hydrogen-bond acceptors (Lipinski definition) is 4. The number of anilines is 1. The minimum Gasteiger partial charge on any atom is -0.402 e. The predicted molar refractivity (Wildman–Crippen MR) is 122 cm³/mol. The molecule has 2 aromatic rings. The van der Waals surface area contributed by atoms with Crippen molar-refractivity contribution in [3.63, 3.8) is 0 Å². The largest absolute Gasteiger partial charge is 0.402 e. The van der Waals surface area contributed by atoms with E-state index in [1.165, 1.54) is 11.1 Å². The fraction of sp³-hybridized carbons (Fsp3) is 0.320. The molecule has 0 bridgehead atoms. The van der Waals surface area contributed by atoms with E-state index in [9.17, 15) is 4.79 Å². The van der Waals surface area contributed by atoms with Gasteiger partial charge in [0.15, 0.2) is 5.82 Å². The summed E-state index contributed by atoms with van der Waals surface area (Å²) in [4.78, 5) is 22.3. The Morgan fingerprint density at radius 3 is 2.67 bits per heavy atom. The second-order valence-electron chi connectivity index (χ2n) is 8.37. The molecular weight excluding hydrogens is 372 g/mol. The van der Waals surface area contributed by atoms with E-state index in [1.807, 2.05) is 56.3 Å². The summed E-state index contributed by atoms with van der Waals surface area (Å²) in [5.41, 5.74) is 13.2. The summed E-state index contributed by atoms with van der Waals surface area (Å²) in [7, 11) is 0. The number of nitrogens with two attached hydrogens (primary N) is 1. The van der Waals surface area contributed by atoms with E-state index in [-0.39, 0.29) is 11.8 Å². The summed E-state index contributed by atoms with van der Waals surface area (Å²) in [6.07, 6.45) is 9.96. The number of benzene rings is 1. The number of carbonyl (C=O) groups excluding carboxylic acids is 1. The molecule has 0 unspecified atom stereocenters. The van der Waals surface area contributed by atoms with Crippen LogP contribution in [0.2, 0.25) is 0 Å². The van der Waals surface area contributed by atoms with Crippen LogP contribution in [0.4, 0.5) is 5.82 Å². The SMILES string of the molecule is CC(C)CC(=O)Nc1nc2c(nc1/C=C/c1ccccc1)C1=C(C=C(N)CC1)CC2. The fourth-order valence-electron chi connectivity index (χ4n) is 3.96. The van der Waals surface area contributed by atoms with Crippen molar-refractivity contribution >= 4 is 29.5 Å². The fourth-order valence-corrected chi connectivity index (χ4v) is 3.96. The zero-order chi connectivity index (χ0) is 21.1. The highest BCUT2D eigenvalue weighted by Crippen LogP contribution is 2.37. The Labute approximate surface area is 177 Å². The first kappa shape index (κ1) is 20.1. The molecule has 3 N–H and O–H groups in total. The van der Waals surface area contributed by atoms with Gasteiger partial charge in [0.25, 0.3) is 0 Å². The summed E-state index contributed by atoms with van der Waals surface area (Å²) in [6, 6.07) is 10.1. The van der Waals surface area contributed by atoms with Crippen molar-refractivity contribution in [1.29, 1.82) is 0 Å². The number of amides is 1. The third-order valence-corrected chi connectivity index (χ3v) is 5.41. The Hall–Kier alpha value is -3.21. The van der Waals surface area contributed by atoms with E-state index in [2.05, 4.69) is 11.4 Å². The van der Waals surface area contributed by atoms with Crippen LogP contribution in [0, 0.1) is 5.92 Å². The van der Waals surface area contributed by atoms with E-state index in [0.717, 1.165) is 48.3 Å². The lowest BCUT2D eigenvalue weighted by Gasteiger charge is -2.25. The first-order valence-electron chi connectivity index (χ1n) is 10.6. The van der Waals surface area contributed by atoms with Crippen LogP contribution in [0.25, 0.3) is 17.7 Å². The predicted octanol–water partition coefficient (Wildman–Crippen LogP) is 4.97. The van der Waals surface area contributed by atoms with Crippen LogP contribution in [0.1, 0.15) is 62.2 Å². The number of nitrogens with one attached hydrogen (secondary N) is 1. The molecule has 0 atom stereocenters. The Morgan fingerprint density at radius 1 is 1.10 bits per heavy atom. The van der Waals surface area contributed by atoms with Crippen molar-refractivity contribution in [3.05, 3.63) is 70.3 Å². The van der Waals surface area contributed by atoms with Gasteiger partial charge in [-0.15, -0.1) is 0 Å². The van der Waals surface area contributed by atoms with Gasteiger partial charge in [-0.3, -0.25) is 4.79 Å². The normalized spacial score (nSPS) is 15.8. The quantitative estimate of drug-likeness (QED) is 0.743. The molecule has 0 saturated heterocycles. The molecule has 0 aliphatic heterocycles. The lowest BCUT2D eigenvalue weighted by atomic mass is 9.85. The molecule has 1 heterocycles. The molecular formula is C25H28N4O. The van der Waals surface area contributed by atoms with Gasteiger partial charge in [0.05, 0.1) is 11.4 Å². The topological polar surface area (TPSA) is 80.9 Å². The first-order chi connectivity index (χ1) is 14.5. The minimum absolute atomic E-state index is 0.0299. The van der Waals surface area contributed by atoms with E-state index in [4.69, 9.17) is 15.7 Å². The van der Waals surface area contributed by atoms with Crippen LogP contribution >= 0.6 is 0 Å². The number of fused-ring (bicyclic) bond motifs is 2. The molecule has 1 aromatic carbocycles. The highest BCUT2D eigenvalue weighted by molar-refractivity contribution is 5.92. The van der Waals surface area contributed by atoms with Gasteiger partial charge < -0.3 is 11.1 Å². The maximum Gasteiger partial charge on any atom is 0.225 e. The molecule has 5 nitrogen and oxygen atoms in total. The monoisotopic (exact) mass is 400 g/mol. The molecule has 1 amide bonds. The summed E-state index contributed by atoms with van der Waals surface area (Å²) < 4.78 is 0. The number of aryl methyl sites for hydroxylation is 1. The molecule has 0 spiro atoms. The second-order valence-corrected chi connectivity index (χ2v) is 8.37. The van der Waals surface area contributed by atoms with Crippen molar-refractivity contribution < 1.29 is 4.79 Å². The van der Waals surface area contributed by atoms with Crippen LogP contribution in [0.3, 0.4) is 0 Å². The molecule has 2 aliphatic carbocycles. The van der Waals surface area contributed by atoms with Gasteiger partial charge in [0.2, 0.25) is 5.91 Å². The zero-order valence-corrected chi connectivity index (χ0v) is 17.6. The maximum absolute atomic E-state index is 12.4. The van der Waals surface area contributed by atoms with Gasteiger partial charge in [-0.2, -0.15) is 0 Å². The van der Waals surface area contributed by atoms with Crippen molar-refractivity contribution in [1.82, 2.24) is 9.97 Å². The zero-order valence-electron chi connectivity index (χ0n) is 17.6. The van der Waals surface area contributed by atoms with Crippen LogP contribution in [0.5, 0.6) is 0 Å². The molecule has 1 aromatic heterocycles.